The number of rotatable bonds is 3. The van der Waals surface area contributed by atoms with Gasteiger partial charge in [0.2, 0.25) is 10.0 Å². The lowest BCUT2D eigenvalue weighted by Gasteiger charge is -2.32. The van der Waals surface area contributed by atoms with Crippen molar-refractivity contribution in [3.05, 3.63) is 47.0 Å². The molecule has 1 amide bonds. The second-order valence-corrected chi connectivity index (χ2v) is 10.4. The molecule has 5 rings (SSSR count). The minimum atomic E-state index is -3.99. The summed E-state index contributed by atoms with van der Waals surface area (Å²) in [6, 6.07) is 6.33. The van der Waals surface area contributed by atoms with Gasteiger partial charge in [-0.3, -0.25) is 0 Å². The number of aryl methyl sites for hydroxylation is 1. The Balaban J connectivity index is 1.64. The summed E-state index contributed by atoms with van der Waals surface area (Å²) in [6.07, 6.45) is -0.868. The van der Waals surface area contributed by atoms with Gasteiger partial charge in [-0.1, -0.05) is 6.07 Å². The molecule has 2 aliphatic heterocycles. The number of benzene rings is 2. The van der Waals surface area contributed by atoms with Crippen molar-refractivity contribution in [2.45, 2.75) is 30.9 Å². The monoisotopic (exact) mass is 506 g/mol. The van der Waals surface area contributed by atoms with E-state index in [0.717, 1.165) is 11.6 Å². The Hall–Kier alpha value is -3.09. The van der Waals surface area contributed by atoms with Crippen LogP contribution in [-0.2, 0) is 32.5 Å². The number of fused-ring (bicyclic) bond motifs is 2. The van der Waals surface area contributed by atoms with Crippen molar-refractivity contribution in [1.82, 2.24) is 19.2 Å². The van der Waals surface area contributed by atoms with Gasteiger partial charge in [-0.25, -0.2) is 31.7 Å². The highest BCUT2D eigenvalue weighted by Crippen LogP contribution is 2.35. The normalized spacial score (nSPS) is 19.5. The van der Waals surface area contributed by atoms with Crippen LogP contribution < -0.4 is 4.72 Å². The maximum Gasteiger partial charge on any atom is 0.409 e. The zero-order chi connectivity index (χ0) is 24.9. The first-order valence-corrected chi connectivity index (χ1v) is 12.6. The van der Waals surface area contributed by atoms with E-state index in [-0.39, 0.29) is 44.0 Å². The number of sulfonamides is 1. The van der Waals surface area contributed by atoms with Crippen molar-refractivity contribution >= 4 is 27.1 Å². The van der Waals surface area contributed by atoms with Crippen molar-refractivity contribution in [2.24, 2.45) is 0 Å². The molecule has 0 spiro atoms. The Morgan fingerprint density at radius 3 is 2.89 bits per heavy atom. The van der Waals surface area contributed by atoms with Crippen LogP contribution in [-0.4, -0.2) is 68.4 Å². The van der Waals surface area contributed by atoms with Crippen molar-refractivity contribution in [3.8, 4) is 11.4 Å². The van der Waals surface area contributed by atoms with E-state index in [1.54, 1.807) is 10.6 Å². The van der Waals surface area contributed by atoms with E-state index in [1.807, 2.05) is 19.1 Å². The average molecular weight is 507 g/mol. The smallest absolute Gasteiger partial charge is 0.409 e. The van der Waals surface area contributed by atoms with E-state index < -0.39 is 44.3 Å². The Morgan fingerprint density at radius 1 is 1.31 bits per heavy atom. The summed E-state index contributed by atoms with van der Waals surface area (Å²) in [6.45, 7) is 2.96. The van der Waals surface area contributed by atoms with Crippen LogP contribution >= 0.6 is 0 Å². The first-order chi connectivity index (χ1) is 16.7. The Bertz CT molecular complexity index is 1440. The van der Waals surface area contributed by atoms with E-state index in [2.05, 4.69) is 9.71 Å². The summed E-state index contributed by atoms with van der Waals surface area (Å²) >= 11 is 0. The number of methoxy groups -OCH3 is 1. The second kappa shape index (κ2) is 8.85. The largest absolute Gasteiger partial charge is 0.453 e. The molecule has 1 aromatic heterocycles. The lowest BCUT2D eigenvalue weighted by Crippen LogP contribution is -2.47. The van der Waals surface area contributed by atoms with Gasteiger partial charge in [-0.2, -0.15) is 0 Å². The van der Waals surface area contributed by atoms with Crippen LogP contribution in [0.25, 0.3) is 22.4 Å². The molecule has 2 aromatic carbocycles. The molecule has 35 heavy (non-hydrogen) atoms. The quantitative estimate of drug-likeness (QED) is 0.586. The third-order valence-corrected chi connectivity index (χ3v) is 7.85. The van der Waals surface area contributed by atoms with Crippen LogP contribution in [0.15, 0.2) is 29.2 Å². The lowest BCUT2D eigenvalue weighted by molar-refractivity contribution is -0.0310. The number of halogens is 2. The van der Waals surface area contributed by atoms with Crippen LogP contribution in [0, 0.1) is 18.6 Å². The van der Waals surface area contributed by atoms with Gasteiger partial charge >= 0.3 is 6.09 Å². The summed E-state index contributed by atoms with van der Waals surface area (Å²) in [5.41, 5.74) is 1.63. The molecular weight excluding hydrogens is 482 g/mol. The molecule has 1 saturated heterocycles. The molecule has 2 aliphatic rings. The maximum atomic E-state index is 15.7. The molecule has 3 aromatic rings. The molecule has 186 valence electrons. The summed E-state index contributed by atoms with van der Waals surface area (Å²) in [5, 5.41) is 0. The van der Waals surface area contributed by atoms with Gasteiger partial charge in [-0.05, 0) is 37.1 Å². The first-order valence-electron chi connectivity index (χ1n) is 11.1. The predicted octanol–water partition coefficient (Wildman–Crippen LogP) is 2.59. The fourth-order valence-electron chi connectivity index (χ4n) is 4.65. The SMILES string of the molecule is COC(=O)N1CCO[C@@H](Cn2c(-c3c(F)cc4c(c3F)CCNS4(=O)=O)nc3cc(C)ccc32)C1. The number of hydrogen-bond donors (Lipinski definition) is 1. The molecule has 0 radical (unpaired) electrons. The summed E-state index contributed by atoms with van der Waals surface area (Å²) in [4.78, 5) is 17.7. The highest BCUT2D eigenvalue weighted by molar-refractivity contribution is 7.89. The van der Waals surface area contributed by atoms with Crippen molar-refractivity contribution in [3.63, 3.8) is 0 Å². The number of nitrogens with one attached hydrogen (secondary N) is 1. The number of carbonyl (C=O) groups is 1. The molecule has 1 fully saturated rings. The van der Waals surface area contributed by atoms with Gasteiger partial charge in [0.15, 0.2) is 0 Å². The van der Waals surface area contributed by atoms with Crippen LogP contribution in [0.1, 0.15) is 11.1 Å². The zero-order valence-corrected chi connectivity index (χ0v) is 20.0. The van der Waals surface area contributed by atoms with Gasteiger partial charge in [0.1, 0.15) is 17.5 Å². The van der Waals surface area contributed by atoms with Crippen LogP contribution in [0.4, 0.5) is 13.6 Å². The molecular formula is C23H24F2N4O5S. The third-order valence-electron chi connectivity index (χ3n) is 6.32. The number of morpholine rings is 1. The Morgan fingerprint density at radius 2 is 2.11 bits per heavy atom. The van der Waals surface area contributed by atoms with E-state index in [9.17, 15) is 13.2 Å². The minimum absolute atomic E-state index is 0.0201. The Kier molecular flexibility index (Phi) is 5.98. The van der Waals surface area contributed by atoms with Gasteiger partial charge in [0.25, 0.3) is 0 Å². The van der Waals surface area contributed by atoms with Crippen molar-refractivity contribution in [1.29, 1.82) is 0 Å². The fraction of sp³-hybridized carbons (Fsp3) is 0.391. The number of nitrogens with zero attached hydrogens (tertiary/aromatic N) is 3. The molecule has 0 unspecified atom stereocenters. The molecule has 0 aliphatic carbocycles. The molecule has 0 saturated carbocycles. The van der Waals surface area contributed by atoms with Crippen LogP contribution in [0.5, 0.6) is 0 Å². The maximum absolute atomic E-state index is 15.7. The third kappa shape index (κ3) is 4.15. The predicted molar refractivity (Wildman–Crippen MR) is 122 cm³/mol. The number of aromatic nitrogens is 2. The molecule has 12 heteroatoms. The number of ether oxygens (including phenoxy) is 2. The highest BCUT2D eigenvalue weighted by Gasteiger charge is 2.33. The number of amides is 1. The minimum Gasteiger partial charge on any atom is -0.453 e. The van der Waals surface area contributed by atoms with Gasteiger partial charge in [0.05, 0.1) is 54.4 Å². The Labute approximate surface area is 200 Å². The van der Waals surface area contributed by atoms with Crippen LogP contribution in [0.3, 0.4) is 0 Å². The molecule has 1 atom stereocenters. The van der Waals surface area contributed by atoms with E-state index in [4.69, 9.17) is 9.47 Å². The molecule has 0 bridgehead atoms. The topological polar surface area (TPSA) is 103 Å². The van der Waals surface area contributed by atoms with Crippen molar-refractivity contribution in [2.75, 3.05) is 33.4 Å². The van der Waals surface area contributed by atoms with Crippen molar-refractivity contribution < 1.29 is 31.5 Å². The molecule has 1 N–H and O–H groups in total. The van der Waals surface area contributed by atoms with Gasteiger partial charge < -0.3 is 18.9 Å². The fourth-order valence-corrected chi connectivity index (χ4v) is 5.95. The second-order valence-electron chi connectivity index (χ2n) is 8.62. The number of carbonyl (C=O) groups excluding carboxylic acids is 1. The summed E-state index contributed by atoms with van der Waals surface area (Å²) in [5.74, 6) is -1.94. The van der Waals surface area contributed by atoms with Crippen LogP contribution in [0.2, 0.25) is 0 Å². The molecule has 9 nitrogen and oxygen atoms in total. The van der Waals surface area contributed by atoms with E-state index in [1.165, 1.54) is 12.0 Å². The van der Waals surface area contributed by atoms with Gasteiger partial charge in [0, 0.05) is 18.7 Å². The average Bonchev–Trinajstić information content (AvgIpc) is 3.16. The molecule has 3 heterocycles. The standard InChI is InChI=1S/C23H24F2N4O5S/c1-13-3-4-18-17(9-13)27-22(29(18)12-14-11-28(7-8-34-14)23(30)33-2)20-16(24)10-19-15(21(20)25)5-6-26-35(19,31)32/h3-4,9-10,14,26H,5-8,11-12H2,1-2H3/t14-/m1/s1. The highest BCUT2D eigenvalue weighted by atomic mass is 32.2. The summed E-state index contributed by atoms with van der Waals surface area (Å²) < 4.78 is 70.3. The zero-order valence-electron chi connectivity index (χ0n) is 19.2. The number of imidazole rings is 1. The van der Waals surface area contributed by atoms with E-state index >= 15 is 8.78 Å². The first kappa shape index (κ1) is 23.6. The summed E-state index contributed by atoms with van der Waals surface area (Å²) in [7, 11) is -2.69. The van der Waals surface area contributed by atoms with E-state index in [0.29, 0.717) is 17.6 Å². The lowest BCUT2D eigenvalue weighted by atomic mass is 10.0. The number of hydrogen-bond acceptors (Lipinski definition) is 6. The van der Waals surface area contributed by atoms with Gasteiger partial charge in [-0.15, -0.1) is 0 Å².